The van der Waals surface area contributed by atoms with Gasteiger partial charge in [0, 0.05) is 10.9 Å². The van der Waals surface area contributed by atoms with Gasteiger partial charge in [-0.3, -0.25) is 4.79 Å². The van der Waals surface area contributed by atoms with Crippen LogP contribution in [0.15, 0.2) is 88.3 Å². The van der Waals surface area contributed by atoms with Crippen molar-refractivity contribution in [1.82, 2.24) is 9.97 Å². The Labute approximate surface area is 165 Å². The van der Waals surface area contributed by atoms with Crippen LogP contribution in [0, 0.1) is 0 Å². The minimum atomic E-state index is -0.477. The van der Waals surface area contributed by atoms with Crippen LogP contribution in [0.2, 0.25) is 0 Å². The monoisotopic (exact) mass is 380 g/mol. The molecule has 0 aliphatic carbocycles. The molecule has 0 radical (unpaired) electrons. The van der Waals surface area contributed by atoms with Gasteiger partial charge >= 0.3 is 0 Å². The van der Waals surface area contributed by atoms with Gasteiger partial charge in [-0.1, -0.05) is 30.3 Å². The highest BCUT2D eigenvalue weighted by molar-refractivity contribution is 5.93. The number of carbonyl (C=O) groups excluding carboxylic acids is 1. The molecule has 2 aromatic heterocycles. The van der Waals surface area contributed by atoms with Crippen molar-refractivity contribution in [3.63, 3.8) is 0 Å². The molecule has 0 spiro atoms. The van der Waals surface area contributed by atoms with Crippen molar-refractivity contribution >= 4 is 33.6 Å². The number of primary amides is 1. The molecule has 5 aromatic rings. The first kappa shape index (κ1) is 16.9. The number of nitrogens with two attached hydrogens (primary N) is 1. The van der Waals surface area contributed by atoms with E-state index in [1.807, 2.05) is 54.6 Å². The van der Waals surface area contributed by atoms with Crippen LogP contribution in [-0.4, -0.2) is 15.9 Å². The van der Waals surface area contributed by atoms with Crippen LogP contribution in [0.3, 0.4) is 0 Å². The second kappa shape index (κ2) is 6.76. The molecule has 3 aromatic carbocycles. The molecule has 0 fully saturated rings. The Morgan fingerprint density at radius 2 is 1.72 bits per heavy atom. The summed E-state index contributed by atoms with van der Waals surface area (Å²) in [5.74, 6) is 0.197. The van der Waals surface area contributed by atoms with Crippen molar-refractivity contribution < 1.29 is 9.21 Å². The maximum Gasteiger partial charge on any atom is 0.248 e. The fraction of sp³-hybridized carbons (Fsp3) is 0. The SMILES string of the molecule is NC(=O)c1ccc(N=c2oc3ccccc3cc2-c2nc3ccccc3[nH]2)cc1. The zero-order valence-electron chi connectivity index (χ0n) is 15.3. The number of nitrogens with zero attached hydrogens (tertiary/aromatic N) is 2. The zero-order chi connectivity index (χ0) is 19.8. The van der Waals surface area contributed by atoms with Crippen LogP contribution in [0.4, 0.5) is 5.69 Å². The minimum absolute atomic E-state index is 0.426. The molecule has 140 valence electrons. The van der Waals surface area contributed by atoms with E-state index in [1.54, 1.807) is 24.3 Å². The Kier molecular flexibility index (Phi) is 3.95. The normalized spacial score (nSPS) is 11.9. The van der Waals surface area contributed by atoms with Crippen LogP contribution in [-0.2, 0) is 0 Å². The van der Waals surface area contributed by atoms with Crippen LogP contribution < -0.4 is 11.3 Å². The predicted octanol–water partition coefficient (Wildman–Crippen LogP) is 4.31. The van der Waals surface area contributed by atoms with Crippen LogP contribution in [0.5, 0.6) is 0 Å². The fourth-order valence-corrected chi connectivity index (χ4v) is 3.22. The van der Waals surface area contributed by atoms with E-state index in [1.165, 1.54) is 0 Å². The Bertz CT molecular complexity index is 1400. The second-order valence-electron chi connectivity index (χ2n) is 6.63. The van der Waals surface area contributed by atoms with E-state index in [-0.39, 0.29) is 0 Å². The van der Waals surface area contributed by atoms with Gasteiger partial charge in [-0.15, -0.1) is 0 Å². The number of H-pyrrole nitrogens is 1. The van der Waals surface area contributed by atoms with E-state index in [2.05, 4.69) is 9.98 Å². The molecule has 6 heteroatoms. The third-order valence-electron chi connectivity index (χ3n) is 4.68. The number of benzene rings is 3. The van der Waals surface area contributed by atoms with Crippen molar-refractivity contribution in [3.05, 3.63) is 90.0 Å². The summed E-state index contributed by atoms with van der Waals surface area (Å²) in [6, 6.07) is 24.3. The van der Waals surface area contributed by atoms with Gasteiger partial charge in [0.2, 0.25) is 11.5 Å². The first-order valence-corrected chi connectivity index (χ1v) is 9.10. The molecule has 0 atom stereocenters. The van der Waals surface area contributed by atoms with E-state index < -0.39 is 5.91 Å². The van der Waals surface area contributed by atoms with E-state index in [9.17, 15) is 4.79 Å². The quantitative estimate of drug-likeness (QED) is 0.488. The Morgan fingerprint density at radius 3 is 2.52 bits per heavy atom. The third kappa shape index (κ3) is 3.17. The number of hydrogen-bond acceptors (Lipinski definition) is 4. The van der Waals surface area contributed by atoms with Crippen LogP contribution in [0.25, 0.3) is 33.4 Å². The number of carbonyl (C=O) groups is 1. The molecular formula is C23H16N4O2. The number of imidazole rings is 1. The molecule has 0 saturated carbocycles. The summed E-state index contributed by atoms with van der Waals surface area (Å²) in [5, 5.41) is 0.950. The topological polar surface area (TPSA) is 97.3 Å². The number of rotatable bonds is 3. The van der Waals surface area contributed by atoms with Gasteiger partial charge in [-0.25, -0.2) is 9.98 Å². The molecule has 29 heavy (non-hydrogen) atoms. The van der Waals surface area contributed by atoms with Crippen LogP contribution in [0.1, 0.15) is 10.4 Å². The van der Waals surface area contributed by atoms with Gasteiger partial charge in [0.15, 0.2) is 0 Å². The standard InChI is InChI=1S/C23H16N4O2/c24-21(28)14-9-11-16(12-10-14)25-23-17(13-15-5-1-4-8-20(15)29-23)22-26-18-6-2-3-7-19(18)27-22/h1-13H,(H2,24,28)(H,26,27). The number of amides is 1. The average molecular weight is 380 g/mol. The predicted molar refractivity (Wildman–Crippen MR) is 111 cm³/mol. The summed E-state index contributed by atoms with van der Waals surface area (Å²) < 4.78 is 6.11. The van der Waals surface area contributed by atoms with E-state index in [0.29, 0.717) is 22.6 Å². The summed E-state index contributed by atoms with van der Waals surface area (Å²) in [7, 11) is 0. The summed E-state index contributed by atoms with van der Waals surface area (Å²) in [4.78, 5) is 24.0. The third-order valence-corrected chi connectivity index (χ3v) is 4.68. The zero-order valence-corrected chi connectivity index (χ0v) is 15.3. The van der Waals surface area contributed by atoms with Crippen LogP contribution >= 0.6 is 0 Å². The van der Waals surface area contributed by atoms with Gasteiger partial charge in [0.1, 0.15) is 11.4 Å². The smallest absolute Gasteiger partial charge is 0.248 e. The Morgan fingerprint density at radius 1 is 0.966 bits per heavy atom. The lowest BCUT2D eigenvalue weighted by molar-refractivity contribution is 0.100. The number of fused-ring (bicyclic) bond motifs is 2. The molecule has 6 nitrogen and oxygen atoms in total. The first-order chi connectivity index (χ1) is 14.2. The van der Waals surface area contributed by atoms with Gasteiger partial charge < -0.3 is 15.1 Å². The molecule has 0 aliphatic heterocycles. The summed E-state index contributed by atoms with van der Waals surface area (Å²) in [6.45, 7) is 0. The first-order valence-electron chi connectivity index (χ1n) is 9.10. The highest BCUT2D eigenvalue weighted by Gasteiger charge is 2.11. The fourth-order valence-electron chi connectivity index (χ4n) is 3.22. The highest BCUT2D eigenvalue weighted by Crippen LogP contribution is 2.23. The van der Waals surface area contributed by atoms with Gasteiger partial charge in [0.25, 0.3) is 0 Å². The van der Waals surface area contributed by atoms with Crippen molar-refractivity contribution in [2.75, 3.05) is 0 Å². The average Bonchev–Trinajstić information content (AvgIpc) is 3.18. The lowest BCUT2D eigenvalue weighted by Crippen LogP contribution is -2.10. The highest BCUT2D eigenvalue weighted by atomic mass is 16.3. The van der Waals surface area contributed by atoms with Crippen molar-refractivity contribution in [3.8, 4) is 11.4 Å². The maximum absolute atomic E-state index is 11.3. The summed E-state index contributed by atoms with van der Waals surface area (Å²) in [6.07, 6.45) is 0. The van der Waals surface area contributed by atoms with Gasteiger partial charge in [0.05, 0.1) is 22.3 Å². The molecule has 1 amide bonds. The number of aromatic nitrogens is 2. The Balaban J connectivity index is 1.74. The van der Waals surface area contributed by atoms with Crippen molar-refractivity contribution in [2.24, 2.45) is 10.7 Å². The number of nitrogens with one attached hydrogen (secondary N) is 1. The molecule has 5 rings (SSSR count). The number of para-hydroxylation sites is 3. The molecule has 2 heterocycles. The summed E-state index contributed by atoms with van der Waals surface area (Å²) >= 11 is 0. The molecule has 3 N–H and O–H groups in total. The van der Waals surface area contributed by atoms with E-state index in [4.69, 9.17) is 15.1 Å². The number of aromatic amines is 1. The van der Waals surface area contributed by atoms with Gasteiger partial charge in [-0.05, 0) is 48.5 Å². The molecular weight excluding hydrogens is 364 g/mol. The largest absolute Gasteiger partial charge is 0.438 e. The lowest BCUT2D eigenvalue weighted by atomic mass is 10.1. The molecule has 0 saturated heterocycles. The molecule has 0 unspecified atom stereocenters. The lowest BCUT2D eigenvalue weighted by Gasteiger charge is -2.03. The molecule has 0 aliphatic rings. The van der Waals surface area contributed by atoms with Gasteiger partial charge in [-0.2, -0.15) is 0 Å². The number of hydrogen-bond donors (Lipinski definition) is 2. The maximum atomic E-state index is 11.3. The minimum Gasteiger partial charge on any atom is -0.438 e. The van der Waals surface area contributed by atoms with E-state index in [0.717, 1.165) is 27.6 Å². The molecule has 0 bridgehead atoms. The second-order valence-corrected chi connectivity index (χ2v) is 6.63. The van der Waals surface area contributed by atoms with E-state index >= 15 is 0 Å². The van der Waals surface area contributed by atoms with Crippen molar-refractivity contribution in [2.45, 2.75) is 0 Å². The summed E-state index contributed by atoms with van der Waals surface area (Å²) in [5.41, 5.74) is 10.1. The van der Waals surface area contributed by atoms with Crippen molar-refractivity contribution in [1.29, 1.82) is 0 Å². The Hall–Kier alpha value is -4.19.